The normalized spacial score (nSPS) is 19.1. The van der Waals surface area contributed by atoms with Gasteiger partial charge in [0.2, 0.25) is 0 Å². The molecule has 1 saturated heterocycles. The molecule has 1 aromatic rings. The topological polar surface area (TPSA) is 50.4 Å². The van der Waals surface area contributed by atoms with Crippen LogP contribution in [-0.4, -0.2) is 25.3 Å². The minimum atomic E-state index is -0.315. The van der Waals surface area contributed by atoms with Crippen LogP contribution >= 0.6 is 22.6 Å². The summed E-state index contributed by atoms with van der Waals surface area (Å²) in [6.07, 6.45) is 0.827. The van der Waals surface area contributed by atoms with Gasteiger partial charge < -0.3 is 15.4 Å². The van der Waals surface area contributed by atoms with Gasteiger partial charge in [-0.3, -0.25) is 0 Å². The summed E-state index contributed by atoms with van der Waals surface area (Å²) in [4.78, 5) is 11.6. The number of hydrogen-bond acceptors (Lipinski definition) is 2. The van der Waals surface area contributed by atoms with E-state index in [1.165, 1.54) is 12.1 Å². The Morgan fingerprint density at radius 2 is 2.35 bits per heavy atom. The molecule has 0 aromatic heterocycles. The lowest BCUT2D eigenvalue weighted by molar-refractivity contribution is 0.189. The van der Waals surface area contributed by atoms with Gasteiger partial charge in [-0.1, -0.05) is 0 Å². The summed E-state index contributed by atoms with van der Waals surface area (Å²) in [5.41, 5.74) is 0.600. The molecule has 4 nitrogen and oxygen atoms in total. The fourth-order valence-electron chi connectivity index (χ4n) is 1.58. The van der Waals surface area contributed by atoms with E-state index in [9.17, 15) is 9.18 Å². The van der Waals surface area contributed by atoms with E-state index in [0.29, 0.717) is 22.5 Å². The Hall–Kier alpha value is -0.890. The second-order valence-corrected chi connectivity index (χ2v) is 4.95. The van der Waals surface area contributed by atoms with Crippen molar-refractivity contribution < 1.29 is 13.9 Å². The van der Waals surface area contributed by atoms with Crippen molar-refractivity contribution in [3.63, 3.8) is 0 Å². The lowest BCUT2D eigenvalue weighted by atomic mass is 10.3. The Morgan fingerprint density at radius 3 is 3.00 bits per heavy atom. The van der Waals surface area contributed by atoms with E-state index in [4.69, 9.17) is 4.74 Å². The predicted molar refractivity (Wildman–Crippen MR) is 70.5 cm³/mol. The van der Waals surface area contributed by atoms with E-state index >= 15 is 0 Å². The van der Waals surface area contributed by atoms with E-state index in [0.717, 1.165) is 6.42 Å². The van der Waals surface area contributed by atoms with E-state index in [1.807, 2.05) is 22.6 Å². The van der Waals surface area contributed by atoms with Gasteiger partial charge in [0, 0.05) is 10.2 Å². The number of carbonyl (C=O) groups is 1. The second kappa shape index (κ2) is 5.63. The molecular weight excluding hydrogens is 338 g/mol. The average Bonchev–Trinajstić information content (AvgIpc) is 2.75. The first-order valence-electron chi connectivity index (χ1n) is 5.25. The first kappa shape index (κ1) is 12.6. The van der Waals surface area contributed by atoms with Crippen molar-refractivity contribution in [3.05, 3.63) is 27.6 Å². The molecule has 1 aliphatic rings. The van der Waals surface area contributed by atoms with Gasteiger partial charge in [-0.05, 0) is 47.2 Å². The molecule has 92 valence electrons. The van der Waals surface area contributed by atoms with Crippen molar-refractivity contribution in [1.82, 2.24) is 5.32 Å². The maximum absolute atomic E-state index is 12.9. The SMILES string of the molecule is O=C(Nc1ccc(F)cc1I)NC1CCOC1. The standard InChI is InChI=1S/C11H12FIN2O2/c12-7-1-2-10(9(13)5-7)15-11(16)14-8-3-4-17-6-8/h1-2,5,8H,3-4,6H2,(H2,14,15,16). The molecule has 1 aliphatic heterocycles. The van der Waals surface area contributed by atoms with Gasteiger partial charge in [0.15, 0.2) is 0 Å². The Kier molecular flexibility index (Phi) is 4.16. The molecule has 1 fully saturated rings. The summed E-state index contributed by atoms with van der Waals surface area (Å²) in [7, 11) is 0. The zero-order chi connectivity index (χ0) is 12.3. The number of anilines is 1. The maximum Gasteiger partial charge on any atom is 0.319 e. The minimum absolute atomic E-state index is 0.0631. The summed E-state index contributed by atoms with van der Waals surface area (Å²) >= 11 is 1.98. The molecule has 2 N–H and O–H groups in total. The minimum Gasteiger partial charge on any atom is -0.379 e. The lowest BCUT2D eigenvalue weighted by Gasteiger charge is -2.12. The van der Waals surface area contributed by atoms with Crippen molar-refractivity contribution >= 4 is 34.3 Å². The van der Waals surface area contributed by atoms with Crippen LogP contribution in [0.4, 0.5) is 14.9 Å². The molecule has 0 spiro atoms. The summed E-state index contributed by atoms with van der Waals surface area (Å²) in [5, 5.41) is 5.48. The third-order valence-corrected chi connectivity index (χ3v) is 3.34. The van der Waals surface area contributed by atoms with Crippen LogP contribution in [0.5, 0.6) is 0 Å². The number of ether oxygens (including phenoxy) is 1. The molecule has 1 unspecified atom stereocenters. The average molecular weight is 350 g/mol. The fraction of sp³-hybridized carbons (Fsp3) is 0.364. The molecule has 0 aliphatic carbocycles. The third kappa shape index (κ3) is 3.53. The van der Waals surface area contributed by atoms with Crippen LogP contribution in [-0.2, 0) is 4.74 Å². The molecule has 17 heavy (non-hydrogen) atoms. The number of carbonyl (C=O) groups excluding carboxylic acids is 1. The summed E-state index contributed by atoms with van der Waals surface area (Å²) in [6, 6.07) is 4.01. The molecule has 1 heterocycles. The lowest BCUT2D eigenvalue weighted by Crippen LogP contribution is -2.38. The highest BCUT2D eigenvalue weighted by Gasteiger charge is 2.17. The van der Waals surface area contributed by atoms with Crippen molar-refractivity contribution in [2.75, 3.05) is 18.5 Å². The quantitative estimate of drug-likeness (QED) is 0.805. The number of halogens is 2. The fourth-order valence-corrected chi connectivity index (χ4v) is 2.20. The highest BCUT2D eigenvalue weighted by atomic mass is 127. The summed E-state index contributed by atoms with van der Waals surface area (Å²) < 4.78 is 18.7. The zero-order valence-electron chi connectivity index (χ0n) is 9.00. The number of nitrogens with one attached hydrogen (secondary N) is 2. The van der Waals surface area contributed by atoms with Gasteiger partial charge in [0.25, 0.3) is 0 Å². The molecule has 2 rings (SSSR count). The van der Waals surface area contributed by atoms with E-state index < -0.39 is 0 Å². The molecule has 0 radical (unpaired) electrons. The van der Waals surface area contributed by atoms with Crippen molar-refractivity contribution in [2.24, 2.45) is 0 Å². The summed E-state index contributed by atoms with van der Waals surface area (Å²) in [5.74, 6) is -0.315. The summed E-state index contributed by atoms with van der Waals surface area (Å²) in [6.45, 7) is 1.23. The van der Waals surface area contributed by atoms with Gasteiger partial charge in [-0.15, -0.1) is 0 Å². The van der Waals surface area contributed by atoms with Crippen LogP contribution in [0.1, 0.15) is 6.42 Å². The van der Waals surface area contributed by atoms with Gasteiger partial charge >= 0.3 is 6.03 Å². The van der Waals surface area contributed by atoms with Crippen LogP contribution < -0.4 is 10.6 Å². The highest BCUT2D eigenvalue weighted by molar-refractivity contribution is 14.1. The Morgan fingerprint density at radius 1 is 1.53 bits per heavy atom. The van der Waals surface area contributed by atoms with E-state index in [1.54, 1.807) is 6.07 Å². The molecule has 2 amide bonds. The van der Waals surface area contributed by atoms with Crippen molar-refractivity contribution in [2.45, 2.75) is 12.5 Å². The molecule has 1 aromatic carbocycles. The number of rotatable bonds is 2. The Bertz CT molecular complexity index is 422. The second-order valence-electron chi connectivity index (χ2n) is 3.78. The Labute approximate surface area is 112 Å². The monoisotopic (exact) mass is 350 g/mol. The number of urea groups is 1. The molecule has 0 bridgehead atoms. The number of amides is 2. The molecule has 1 atom stereocenters. The highest BCUT2D eigenvalue weighted by Crippen LogP contribution is 2.18. The van der Waals surface area contributed by atoms with Gasteiger partial charge in [0.05, 0.1) is 18.3 Å². The van der Waals surface area contributed by atoms with Crippen LogP contribution in [0.15, 0.2) is 18.2 Å². The van der Waals surface area contributed by atoms with Crippen LogP contribution in [0.2, 0.25) is 0 Å². The van der Waals surface area contributed by atoms with E-state index in [-0.39, 0.29) is 17.9 Å². The van der Waals surface area contributed by atoms with Crippen LogP contribution in [0.25, 0.3) is 0 Å². The first-order valence-corrected chi connectivity index (χ1v) is 6.33. The maximum atomic E-state index is 12.9. The van der Waals surface area contributed by atoms with Crippen LogP contribution in [0.3, 0.4) is 0 Å². The molecule has 0 saturated carbocycles. The van der Waals surface area contributed by atoms with Gasteiger partial charge in [-0.25, -0.2) is 9.18 Å². The predicted octanol–water partition coefficient (Wildman–Crippen LogP) is 2.34. The van der Waals surface area contributed by atoms with Crippen LogP contribution in [0, 0.1) is 9.39 Å². The van der Waals surface area contributed by atoms with Gasteiger partial charge in [-0.2, -0.15) is 0 Å². The number of benzene rings is 1. The molecular formula is C11H12FIN2O2. The van der Waals surface area contributed by atoms with E-state index in [2.05, 4.69) is 10.6 Å². The van der Waals surface area contributed by atoms with Crippen molar-refractivity contribution in [3.8, 4) is 0 Å². The van der Waals surface area contributed by atoms with Crippen molar-refractivity contribution in [1.29, 1.82) is 0 Å². The first-order chi connectivity index (χ1) is 8.15. The molecule has 6 heteroatoms. The zero-order valence-corrected chi connectivity index (χ0v) is 11.2. The smallest absolute Gasteiger partial charge is 0.319 e. The number of hydrogen-bond donors (Lipinski definition) is 2. The van der Waals surface area contributed by atoms with Gasteiger partial charge in [0.1, 0.15) is 5.82 Å². The Balaban J connectivity index is 1.93. The third-order valence-electron chi connectivity index (χ3n) is 2.44. The largest absolute Gasteiger partial charge is 0.379 e.